The molecule has 0 spiro atoms. The highest BCUT2D eigenvalue weighted by Crippen LogP contribution is 2.28. The molecule has 1 N–H and O–H groups in total. The smallest absolute Gasteiger partial charge is 0.251 e. The lowest BCUT2D eigenvalue weighted by Gasteiger charge is -2.09. The van der Waals surface area contributed by atoms with Crippen molar-refractivity contribution < 1.29 is 4.79 Å². The van der Waals surface area contributed by atoms with Crippen LogP contribution in [0.15, 0.2) is 60.3 Å². The van der Waals surface area contributed by atoms with Crippen molar-refractivity contribution in [2.45, 2.75) is 30.8 Å². The molecule has 0 bridgehead atoms. The molecular weight excluding hydrogens is 439 g/mol. The van der Waals surface area contributed by atoms with E-state index >= 15 is 0 Å². The molecule has 3 aromatic rings. The van der Waals surface area contributed by atoms with Gasteiger partial charge < -0.3 is 9.88 Å². The highest BCUT2D eigenvalue weighted by atomic mass is 35.5. The van der Waals surface area contributed by atoms with Crippen LogP contribution in [-0.2, 0) is 18.7 Å². The number of carbonyl (C=O) groups excluding carboxylic acids is 1. The molecule has 1 amide bonds. The lowest BCUT2D eigenvalue weighted by Crippen LogP contribution is -2.26. The molecule has 2 aromatic carbocycles. The molecule has 0 radical (unpaired) electrons. The summed E-state index contributed by atoms with van der Waals surface area (Å²) in [6, 6.07) is 13.0. The fraction of sp³-hybridized carbons (Fsp3) is 0.227. The minimum absolute atomic E-state index is 0.0968. The quantitative estimate of drug-likeness (QED) is 0.345. The van der Waals surface area contributed by atoms with Crippen LogP contribution in [0.2, 0.25) is 10.0 Å². The van der Waals surface area contributed by atoms with E-state index in [1.54, 1.807) is 30.0 Å². The topological polar surface area (TPSA) is 59.8 Å². The molecule has 1 aromatic heterocycles. The maximum absolute atomic E-state index is 12.3. The summed E-state index contributed by atoms with van der Waals surface area (Å²) in [5.74, 6) is 1.35. The number of nitrogens with one attached hydrogen (secondary N) is 1. The summed E-state index contributed by atoms with van der Waals surface area (Å²) >= 11 is 13.8. The number of aromatic nitrogens is 3. The van der Waals surface area contributed by atoms with E-state index in [0.29, 0.717) is 40.9 Å². The van der Waals surface area contributed by atoms with Gasteiger partial charge in [-0.3, -0.25) is 4.79 Å². The maximum Gasteiger partial charge on any atom is 0.251 e. The van der Waals surface area contributed by atoms with Crippen molar-refractivity contribution >= 4 is 40.9 Å². The second-order valence-electron chi connectivity index (χ2n) is 6.70. The summed E-state index contributed by atoms with van der Waals surface area (Å²) in [5, 5.41) is 13.6. The molecule has 1 heterocycles. The molecule has 5 nitrogen and oxygen atoms in total. The van der Waals surface area contributed by atoms with Gasteiger partial charge in [0.2, 0.25) is 0 Å². The largest absolute Gasteiger partial charge is 0.352 e. The molecule has 8 heteroatoms. The standard InChI is InChI=1S/C22H22Cl2N4OS/c1-3-11-28-20(9-10-25-21(29)16-6-4-5-15(2)12-16)26-27-22(28)30-14-17-7-8-18(23)13-19(17)24/h3-8,12-13H,1,9-11,14H2,2H3,(H,25,29). The molecule has 0 aliphatic carbocycles. The fourth-order valence-corrected chi connectivity index (χ4v) is 4.41. The molecule has 0 fully saturated rings. The van der Waals surface area contributed by atoms with Crippen LogP contribution in [0.1, 0.15) is 27.3 Å². The molecule has 156 valence electrons. The maximum atomic E-state index is 12.3. The van der Waals surface area contributed by atoms with Gasteiger partial charge in [-0.15, -0.1) is 16.8 Å². The number of hydrogen-bond acceptors (Lipinski definition) is 4. The Kier molecular flexibility index (Phi) is 7.96. The summed E-state index contributed by atoms with van der Waals surface area (Å²) in [4.78, 5) is 12.3. The number of aryl methyl sites for hydroxylation is 1. The van der Waals surface area contributed by atoms with E-state index in [0.717, 1.165) is 22.1 Å². The highest BCUT2D eigenvalue weighted by Gasteiger charge is 2.13. The van der Waals surface area contributed by atoms with Gasteiger partial charge in [-0.1, -0.05) is 64.8 Å². The minimum Gasteiger partial charge on any atom is -0.352 e. The number of halogens is 2. The van der Waals surface area contributed by atoms with Gasteiger partial charge >= 0.3 is 0 Å². The Labute approximate surface area is 190 Å². The summed E-state index contributed by atoms with van der Waals surface area (Å²) in [6.45, 7) is 6.84. The number of amides is 1. The summed E-state index contributed by atoms with van der Waals surface area (Å²) < 4.78 is 2.00. The van der Waals surface area contributed by atoms with Crippen molar-refractivity contribution in [2.24, 2.45) is 0 Å². The zero-order chi connectivity index (χ0) is 21.5. The molecule has 0 unspecified atom stereocenters. The van der Waals surface area contributed by atoms with Gasteiger partial charge in [0, 0.05) is 40.9 Å². The van der Waals surface area contributed by atoms with E-state index in [-0.39, 0.29) is 5.91 Å². The second kappa shape index (κ2) is 10.7. The van der Waals surface area contributed by atoms with Crippen LogP contribution in [0.5, 0.6) is 0 Å². The summed E-state index contributed by atoms with van der Waals surface area (Å²) in [7, 11) is 0. The number of allylic oxidation sites excluding steroid dienone is 1. The minimum atomic E-state index is -0.0968. The first kappa shape index (κ1) is 22.4. The van der Waals surface area contributed by atoms with Gasteiger partial charge in [-0.25, -0.2) is 0 Å². The van der Waals surface area contributed by atoms with Crippen LogP contribution < -0.4 is 5.32 Å². The molecule has 0 saturated heterocycles. The first-order valence-electron chi connectivity index (χ1n) is 9.42. The molecule has 30 heavy (non-hydrogen) atoms. The lowest BCUT2D eigenvalue weighted by molar-refractivity contribution is 0.0954. The average molecular weight is 461 g/mol. The van der Waals surface area contributed by atoms with Crippen molar-refractivity contribution in [1.29, 1.82) is 0 Å². The Hall–Kier alpha value is -2.28. The van der Waals surface area contributed by atoms with Crippen LogP contribution in [-0.4, -0.2) is 27.2 Å². The Balaban J connectivity index is 1.62. The third kappa shape index (κ3) is 5.88. The van der Waals surface area contributed by atoms with Crippen molar-refractivity contribution in [3.63, 3.8) is 0 Å². The predicted octanol–water partition coefficient (Wildman–Crippen LogP) is 5.34. The molecule has 0 saturated carbocycles. The first-order valence-corrected chi connectivity index (χ1v) is 11.2. The van der Waals surface area contributed by atoms with E-state index in [9.17, 15) is 4.79 Å². The number of nitrogens with zero attached hydrogens (tertiary/aromatic N) is 3. The molecule has 0 aliphatic rings. The monoisotopic (exact) mass is 460 g/mol. The summed E-state index contributed by atoms with van der Waals surface area (Å²) in [6.07, 6.45) is 2.37. The van der Waals surface area contributed by atoms with Crippen molar-refractivity contribution in [2.75, 3.05) is 6.54 Å². The fourth-order valence-electron chi connectivity index (χ4n) is 2.88. The van der Waals surface area contributed by atoms with Crippen molar-refractivity contribution in [3.8, 4) is 0 Å². The Bertz CT molecular complexity index is 1050. The van der Waals surface area contributed by atoms with Gasteiger partial charge in [0.25, 0.3) is 5.91 Å². The van der Waals surface area contributed by atoms with E-state index < -0.39 is 0 Å². The third-order valence-corrected chi connectivity index (χ3v) is 5.99. The van der Waals surface area contributed by atoms with Crippen LogP contribution in [0, 0.1) is 6.92 Å². The Morgan fingerprint density at radius 1 is 1.23 bits per heavy atom. The normalized spacial score (nSPS) is 10.8. The van der Waals surface area contributed by atoms with Gasteiger partial charge in [0.05, 0.1) is 0 Å². The molecular formula is C22H22Cl2N4OS. The van der Waals surface area contributed by atoms with E-state index in [1.807, 2.05) is 41.8 Å². The zero-order valence-electron chi connectivity index (χ0n) is 16.6. The van der Waals surface area contributed by atoms with Gasteiger partial charge in [-0.2, -0.15) is 0 Å². The SMILES string of the molecule is C=CCn1c(CCNC(=O)c2cccc(C)c2)nnc1SCc1ccc(Cl)cc1Cl. The van der Waals surface area contributed by atoms with E-state index in [2.05, 4.69) is 22.1 Å². The molecule has 0 aliphatic heterocycles. The number of hydrogen-bond donors (Lipinski definition) is 1. The molecule has 3 rings (SSSR count). The zero-order valence-corrected chi connectivity index (χ0v) is 18.9. The summed E-state index contributed by atoms with van der Waals surface area (Å²) in [5.41, 5.74) is 2.68. The van der Waals surface area contributed by atoms with E-state index in [1.165, 1.54) is 0 Å². The number of rotatable bonds is 9. The highest BCUT2D eigenvalue weighted by molar-refractivity contribution is 7.98. The van der Waals surface area contributed by atoms with E-state index in [4.69, 9.17) is 23.2 Å². The number of thioether (sulfide) groups is 1. The van der Waals surface area contributed by atoms with Crippen LogP contribution >= 0.6 is 35.0 Å². The van der Waals surface area contributed by atoms with Crippen LogP contribution in [0.4, 0.5) is 0 Å². The second-order valence-corrected chi connectivity index (χ2v) is 8.48. The third-order valence-electron chi connectivity index (χ3n) is 4.39. The molecule has 0 atom stereocenters. The first-order chi connectivity index (χ1) is 14.5. The van der Waals surface area contributed by atoms with Crippen molar-refractivity contribution in [3.05, 3.63) is 87.7 Å². The van der Waals surface area contributed by atoms with Crippen LogP contribution in [0.25, 0.3) is 0 Å². The van der Waals surface area contributed by atoms with Gasteiger partial charge in [0.1, 0.15) is 5.82 Å². The average Bonchev–Trinajstić information content (AvgIpc) is 3.09. The van der Waals surface area contributed by atoms with Gasteiger partial charge in [-0.05, 0) is 36.8 Å². The van der Waals surface area contributed by atoms with Gasteiger partial charge in [0.15, 0.2) is 5.16 Å². The van der Waals surface area contributed by atoms with Crippen LogP contribution in [0.3, 0.4) is 0 Å². The number of benzene rings is 2. The Morgan fingerprint density at radius 2 is 2.07 bits per heavy atom. The van der Waals surface area contributed by atoms with Crippen molar-refractivity contribution in [1.82, 2.24) is 20.1 Å². The lowest BCUT2D eigenvalue weighted by atomic mass is 10.1. The predicted molar refractivity (Wildman–Crippen MR) is 123 cm³/mol. The Morgan fingerprint density at radius 3 is 2.80 bits per heavy atom. The number of carbonyl (C=O) groups is 1.